The third kappa shape index (κ3) is 1.35. The van der Waals surface area contributed by atoms with Crippen LogP contribution in [-0.2, 0) is 9.53 Å². The van der Waals surface area contributed by atoms with Crippen molar-refractivity contribution < 1.29 is 27.1 Å². The molecule has 2 aliphatic carbocycles. The fraction of sp³-hybridized carbons (Fsp3) is 0.417. The maximum Gasteiger partial charge on any atom is 0.454 e. The summed E-state index contributed by atoms with van der Waals surface area (Å²) in [5.41, 5.74) is -1.80. The Morgan fingerprint density at radius 3 is 2.74 bits per heavy atom. The Morgan fingerprint density at radius 1 is 1.47 bits per heavy atom. The first-order valence-corrected chi connectivity index (χ1v) is 5.54. The van der Waals surface area contributed by atoms with E-state index in [-0.39, 0.29) is 5.70 Å². The van der Waals surface area contributed by atoms with Crippen LogP contribution in [-0.4, -0.2) is 25.2 Å². The molecule has 1 aliphatic heterocycles. The molecular weight excluding hydrogens is 266 g/mol. The molecule has 0 aromatic carbocycles. The lowest BCUT2D eigenvalue weighted by atomic mass is 9.87. The number of ketones is 1. The lowest BCUT2D eigenvalue weighted by Crippen LogP contribution is -2.29. The highest BCUT2D eigenvalue weighted by molar-refractivity contribution is 6.03. The second kappa shape index (κ2) is 3.40. The molecule has 0 aromatic rings. The Hall–Kier alpha value is -1.79. The van der Waals surface area contributed by atoms with E-state index >= 15 is 0 Å². The third-order valence-electron chi connectivity index (χ3n) is 3.80. The molecule has 0 bridgehead atoms. The average molecular weight is 275 g/mol. The highest BCUT2D eigenvalue weighted by Gasteiger charge is 2.74. The zero-order chi connectivity index (χ0) is 14.0. The van der Waals surface area contributed by atoms with Gasteiger partial charge in [0.1, 0.15) is 11.9 Å². The predicted octanol–water partition coefficient (Wildman–Crippen LogP) is 1.99. The number of carbonyl (C=O) groups excluding carboxylic acids is 1. The summed E-state index contributed by atoms with van der Waals surface area (Å²) in [4.78, 5) is 11.4. The molecule has 0 amide bonds. The van der Waals surface area contributed by atoms with E-state index in [2.05, 4.69) is 5.32 Å². The molecule has 1 saturated carbocycles. The number of nitrogens with one attached hydrogen (secondary N) is 1. The summed E-state index contributed by atoms with van der Waals surface area (Å²) in [5.74, 6) is -2.41. The number of hydrogen-bond donors (Lipinski definition) is 1. The van der Waals surface area contributed by atoms with Gasteiger partial charge in [-0.15, -0.1) is 0 Å². The molecule has 3 nitrogen and oxygen atoms in total. The zero-order valence-electron chi connectivity index (χ0n) is 9.72. The van der Waals surface area contributed by atoms with Gasteiger partial charge < -0.3 is 10.1 Å². The van der Waals surface area contributed by atoms with Crippen molar-refractivity contribution >= 4 is 5.78 Å². The molecule has 0 radical (unpaired) electrons. The van der Waals surface area contributed by atoms with Crippen LogP contribution >= 0.6 is 0 Å². The van der Waals surface area contributed by atoms with Gasteiger partial charge in [0.2, 0.25) is 0 Å². The minimum atomic E-state index is -5.00. The number of ether oxygens (including phenoxy) is 1. The van der Waals surface area contributed by atoms with Crippen molar-refractivity contribution in [1.29, 1.82) is 0 Å². The molecule has 3 rings (SSSR count). The normalized spacial score (nSPS) is 35.3. The van der Waals surface area contributed by atoms with E-state index in [1.807, 2.05) is 0 Å². The number of rotatable bonds is 2. The van der Waals surface area contributed by atoms with Gasteiger partial charge in [0.05, 0.1) is 12.5 Å². The third-order valence-corrected chi connectivity index (χ3v) is 3.80. The van der Waals surface area contributed by atoms with Crippen molar-refractivity contribution in [2.45, 2.75) is 12.3 Å². The first kappa shape index (κ1) is 12.3. The Balaban J connectivity index is 2.01. The van der Waals surface area contributed by atoms with E-state index in [0.717, 1.165) is 6.20 Å². The maximum absolute atomic E-state index is 14.0. The second-order valence-electron chi connectivity index (χ2n) is 4.66. The highest BCUT2D eigenvalue weighted by Crippen LogP contribution is 2.68. The number of hydrogen-bond acceptors (Lipinski definition) is 3. The summed E-state index contributed by atoms with van der Waals surface area (Å²) in [6, 6.07) is 0. The van der Waals surface area contributed by atoms with E-state index in [1.165, 1.54) is 19.3 Å². The Morgan fingerprint density at radius 2 is 2.16 bits per heavy atom. The lowest BCUT2D eigenvalue weighted by Gasteiger charge is -2.19. The standard InChI is InChI=1S/C12H9F4NO2/c1-19-5-2-6-9(13)11(6)7(4-17-8(11)3-5)10(18)12(14,15)16/h2-4,6,9,17H,1H3. The van der Waals surface area contributed by atoms with Crippen LogP contribution in [0.5, 0.6) is 0 Å². The van der Waals surface area contributed by atoms with E-state index in [0.29, 0.717) is 5.76 Å². The van der Waals surface area contributed by atoms with Crippen LogP contribution in [0.2, 0.25) is 0 Å². The van der Waals surface area contributed by atoms with Crippen molar-refractivity contribution in [3.05, 3.63) is 35.4 Å². The molecule has 0 saturated heterocycles. The Kier molecular flexibility index (Phi) is 2.19. The van der Waals surface area contributed by atoms with Gasteiger partial charge in [0.15, 0.2) is 0 Å². The summed E-state index contributed by atoms with van der Waals surface area (Å²) >= 11 is 0. The quantitative estimate of drug-likeness (QED) is 0.783. The van der Waals surface area contributed by atoms with Crippen LogP contribution in [0.15, 0.2) is 35.4 Å². The number of halogens is 4. The summed E-state index contributed by atoms with van der Waals surface area (Å²) in [7, 11) is 1.38. The molecule has 3 aliphatic rings. The molecule has 1 N–H and O–H groups in total. The Labute approximate surface area is 105 Å². The van der Waals surface area contributed by atoms with Gasteiger partial charge >= 0.3 is 6.18 Å². The molecule has 3 unspecified atom stereocenters. The fourth-order valence-electron chi connectivity index (χ4n) is 2.84. The number of alkyl halides is 4. The second-order valence-corrected chi connectivity index (χ2v) is 4.66. The van der Waals surface area contributed by atoms with Gasteiger partial charge in [-0.1, -0.05) is 0 Å². The van der Waals surface area contributed by atoms with E-state index in [9.17, 15) is 22.4 Å². The monoisotopic (exact) mass is 275 g/mol. The average Bonchev–Trinajstić information content (AvgIpc) is 2.78. The van der Waals surface area contributed by atoms with Gasteiger partial charge in [-0.05, 0) is 6.08 Å². The molecule has 7 heteroatoms. The molecule has 3 atom stereocenters. The summed E-state index contributed by atoms with van der Waals surface area (Å²) < 4.78 is 56.5. The molecule has 19 heavy (non-hydrogen) atoms. The van der Waals surface area contributed by atoms with Crippen molar-refractivity contribution in [3.63, 3.8) is 0 Å². The predicted molar refractivity (Wildman–Crippen MR) is 56.3 cm³/mol. The van der Waals surface area contributed by atoms with Crippen LogP contribution in [0.1, 0.15) is 0 Å². The number of Topliss-reactive ketones (excluding diaryl/α,β-unsaturated/α-hetero) is 1. The first-order valence-electron chi connectivity index (χ1n) is 5.54. The summed E-state index contributed by atoms with van der Waals surface area (Å²) in [5, 5.41) is 2.56. The van der Waals surface area contributed by atoms with E-state index in [4.69, 9.17) is 4.74 Å². The van der Waals surface area contributed by atoms with Crippen molar-refractivity contribution in [3.8, 4) is 0 Å². The largest absolute Gasteiger partial charge is 0.497 e. The SMILES string of the molecule is COC1=CC2C(F)C23C(=C1)NC=C3C(=O)C(F)(F)F. The van der Waals surface area contributed by atoms with Crippen molar-refractivity contribution in [2.24, 2.45) is 11.3 Å². The highest BCUT2D eigenvalue weighted by atomic mass is 19.4. The number of carbonyl (C=O) groups is 1. The van der Waals surface area contributed by atoms with E-state index < -0.39 is 35.0 Å². The van der Waals surface area contributed by atoms with Gasteiger partial charge in [0, 0.05) is 29.5 Å². The zero-order valence-corrected chi connectivity index (χ0v) is 9.72. The summed E-state index contributed by atoms with van der Waals surface area (Å²) in [6.45, 7) is 0. The van der Waals surface area contributed by atoms with Crippen molar-refractivity contribution in [1.82, 2.24) is 5.32 Å². The first-order chi connectivity index (χ1) is 8.83. The Bertz CT molecular complexity index is 561. The minimum Gasteiger partial charge on any atom is -0.497 e. The molecule has 1 heterocycles. The summed E-state index contributed by atoms with van der Waals surface area (Å²) in [6.07, 6.45) is -2.77. The minimum absolute atomic E-state index is 0.247. The molecule has 1 fully saturated rings. The van der Waals surface area contributed by atoms with Crippen molar-refractivity contribution in [2.75, 3.05) is 7.11 Å². The van der Waals surface area contributed by atoms with Gasteiger partial charge in [-0.2, -0.15) is 13.2 Å². The molecule has 102 valence electrons. The van der Waals surface area contributed by atoms with Crippen LogP contribution in [0.4, 0.5) is 17.6 Å². The fourth-order valence-corrected chi connectivity index (χ4v) is 2.84. The maximum atomic E-state index is 14.0. The van der Waals surface area contributed by atoms with E-state index in [1.54, 1.807) is 0 Å². The number of methoxy groups -OCH3 is 1. The van der Waals surface area contributed by atoms with Crippen LogP contribution in [0.3, 0.4) is 0 Å². The topological polar surface area (TPSA) is 38.3 Å². The van der Waals surface area contributed by atoms with Crippen LogP contribution < -0.4 is 5.32 Å². The van der Waals surface area contributed by atoms with Crippen LogP contribution in [0, 0.1) is 11.3 Å². The van der Waals surface area contributed by atoms with Gasteiger partial charge in [-0.3, -0.25) is 4.79 Å². The smallest absolute Gasteiger partial charge is 0.454 e. The van der Waals surface area contributed by atoms with Gasteiger partial charge in [-0.25, -0.2) is 4.39 Å². The molecule has 0 aromatic heterocycles. The van der Waals surface area contributed by atoms with Gasteiger partial charge in [0.25, 0.3) is 5.78 Å². The molecule has 1 spiro atoms. The number of allylic oxidation sites excluding steroid dienone is 3. The van der Waals surface area contributed by atoms with Crippen LogP contribution in [0.25, 0.3) is 0 Å². The lowest BCUT2D eigenvalue weighted by molar-refractivity contribution is -0.167. The molecular formula is C12H9F4NO2.